The predicted octanol–water partition coefficient (Wildman–Crippen LogP) is -1.33. The van der Waals surface area contributed by atoms with Gasteiger partial charge in [-0.25, -0.2) is 0 Å². The van der Waals surface area contributed by atoms with Crippen LogP contribution in [0.15, 0.2) is 29.1 Å². The molecule has 5 nitrogen and oxygen atoms in total. The molecule has 1 aromatic heterocycles. The third kappa shape index (κ3) is 15.7. The standard InChI is InChI=1S/C4H4O.H4O4Si/c1-2-4-5-3-1;1-5(2,3)4/h2*1-4H. The Morgan fingerprint density at radius 2 is 1.20 bits per heavy atom. The minimum Gasteiger partial charge on any atom is -0.473 e. The second-order valence-electron chi connectivity index (χ2n) is 1.39. The smallest absolute Gasteiger partial charge is 0.473 e. The van der Waals surface area contributed by atoms with E-state index in [1.54, 1.807) is 12.5 Å². The molecule has 0 aromatic carbocycles. The van der Waals surface area contributed by atoms with Gasteiger partial charge in [0.15, 0.2) is 0 Å². The molecule has 0 aliphatic carbocycles. The van der Waals surface area contributed by atoms with E-state index in [2.05, 4.69) is 4.42 Å². The maximum atomic E-state index is 7.33. The fraction of sp³-hybridized carbons (Fsp3) is 0. The second kappa shape index (κ2) is 4.20. The van der Waals surface area contributed by atoms with Crippen molar-refractivity contribution in [1.29, 1.82) is 0 Å². The van der Waals surface area contributed by atoms with Crippen molar-refractivity contribution in [2.45, 2.75) is 0 Å². The first-order chi connectivity index (χ1) is 4.50. The van der Waals surface area contributed by atoms with Gasteiger partial charge in [0.05, 0.1) is 12.5 Å². The summed E-state index contributed by atoms with van der Waals surface area (Å²) < 4.78 is 4.58. The molecule has 0 fully saturated rings. The first-order valence-electron chi connectivity index (χ1n) is 2.37. The lowest BCUT2D eigenvalue weighted by Crippen LogP contribution is -2.33. The lowest BCUT2D eigenvalue weighted by atomic mass is 10.7. The van der Waals surface area contributed by atoms with Crippen molar-refractivity contribution in [1.82, 2.24) is 0 Å². The maximum Gasteiger partial charge on any atom is 0.668 e. The number of rotatable bonds is 0. The second-order valence-corrected chi connectivity index (χ2v) is 2.59. The first-order valence-corrected chi connectivity index (χ1v) is 4.15. The molecule has 0 unspecified atom stereocenters. The van der Waals surface area contributed by atoms with Gasteiger partial charge in [0.25, 0.3) is 0 Å². The van der Waals surface area contributed by atoms with Gasteiger partial charge in [-0.1, -0.05) is 0 Å². The first kappa shape index (κ1) is 9.34. The Kier molecular flexibility index (Phi) is 3.92. The van der Waals surface area contributed by atoms with E-state index in [-0.39, 0.29) is 0 Å². The van der Waals surface area contributed by atoms with Crippen LogP contribution in [0, 0.1) is 0 Å². The highest BCUT2D eigenvalue weighted by Gasteiger charge is 2.22. The van der Waals surface area contributed by atoms with Crippen LogP contribution in [-0.4, -0.2) is 28.2 Å². The van der Waals surface area contributed by atoms with Crippen molar-refractivity contribution in [2.24, 2.45) is 0 Å². The molecule has 6 heteroatoms. The largest absolute Gasteiger partial charge is 0.668 e. The van der Waals surface area contributed by atoms with Crippen molar-refractivity contribution >= 4 is 9.05 Å². The molecule has 0 aliphatic heterocycles. The third-order valence-electron chi connectivity index (χ3n) is 0.425. The van der Waals surface area contributed by atoms with Crippen LogP contribution in [0.4, 0.5) is 0 Å². The van der Waals surface area contributed by atoms with Crippen molar-refractivity contribution in [3.8, 4) is 0 Å². The van der Waals surface area contributed by atoms with Gasteiger partial charge in [-0.05, 0) is 12.1 Å². The van der Waals surface area contributed by atoms with Gasteiger partial charge in [0, 0.05) is 0 Å². The highest BCUT2D eigenvalue weighted by atomic mass is 28.4. The van der Waals surface area contributed by atoms with Gasteiger partial charge in [0.1, 0.15) is 0 Å². The van der Waals surface area contributed by atoms with Crippen LogP contribution in [-0.2, 0) is 0 Å². The molecule has 58 valence electrons. The zero-order valence-electron chi connectivity index (χ0n) is 5.01. The Morgan fingerprint density at radius 3 is 1.30 bits per heavy atom. The van der Waals surface area contributed by atoms with Crippen LogP contribution >= 0.6 is 0 Å². The Hall–Kier alpha value is -0.663. The van der Waals surface area contributed by atoms with Crippen LogP contribution in [0.25, 0.3) is 0 Å². The Labute approximate surface area is 58.3 Å². The Balaban J connectivity index is 0.000000162. The van der Waals surface area contributed by atoms with E-state index in [1.165, 1.54) is 0 Å². The normalized spacial score (nSPS) is 10.0. The maximum absolute atomic E-state index is 7.33. The average Bonchev–Trinajstić information content (AvgIpc) is 2.07. The molecule has 0 spiro atoms. The van der Waals surface area contributed by atoms with Gasteiger partial charge in [-0.3, -0.25) is 0 Å². The van der Waals surface area contributed by atoms with Gasteiger partial charge in [-0.15, -0.1) is 0 Å². The molecule has 0 saturated heterocycles. The van der Waals surface area contributed by atoms with Crippen molar-refractivity contribution in [3.05, 3.63) is 24.7 Å². The van der Waals surface area contributed by atoms with E-state index >= 15 is 0 Å². The fourth-order valence-corrected chi connectivity index (χ4v) is 0.227. The SMILES string of the molecule is O[Si](O)(O)O.c1ccoc1. The Bertz CT molecular complexity index is 120. The van der Waals surface area contributed by atoms with E-state index in [0.29, 0.717) is 0 Å². The summed E-state index contributed by atoms with van der Waals surface area (Å²) in [5.74, 6) is 0. The molecule has 1 heterocycles. The minimum atomic E-state index is -4.61. The fourth-order valence-electron chi connectivity index (χ4n) is 0.227. The van der Waals surface area contributed by atoms with Crippen molar-refractivity contribution in [3.63, 3.8) is 0 Å². The zero-order chi connectivity index (χ0) is 8.04. The summed E-state index contributed by atoms with van der Waals surface area (Å²) >= 11 is 0. The molecule has 1 aromatic rings. The molecule has 0 aliphatic rings. The molecule has 1 rings (SSSR count). The van der Waals surface area contributed by atoms with E-state index in [4.69, 9.17) is 19.2 Å². The monoisotopic (exact) mass is 164 g/mol. The van der Waals surface area contributed by atoms with E-state index in [1.807, 2.05) is 12.1 Å². The summed E-state index contributed by atoms with van der Waals surface area (Å²) in [6.45, 7) is 0. The summed E-state index contributed by atoms with van der Waals surface area (Å²) in [7, 11) is -4.61. The highest BCUT2D eigenvalue weighted by molar-refractivity contribution is 6.46. The molecule has 0 radical (unpaired) electrons. The molecule has 4 N–H and O–H groups in total. The van der Waals surface area contributed by atoms with Crippen molar-refractivity contribution in [2.75, 3.05) is 0 Å². The molecule has 0 bridgehead atoms. The van der Waals surface area contributed by atoms with Crippen molar-refractivity contribution < 1.29 is 23.6 Å². The predicted molar refractivity (Wildman–Crippen MR) is 33.3 cm³/mol. The van der Waals surface area contributed by atoms with E-state index in [0.717, 1.165) is 0 Å². The minimum absolute atomic E-state index is 1.62. The summed E-state index contributed by atoms with van der Waals surface area (Å²) in [5.41, 5.74) is 0. The third-order valence-corrected chi connectivity index (χ3v) is 0.425. The summed E-state index contributed by atoms with van der Waals surface area (Å²) in [6, 6.07) is 3.67. The molecule has 10 heavy (non-hydrogen) atoms. The van der Waals surface area contributed by atoms with Crippen LogP contribution in [0.5, 0.6) is 0 Å². The lowest BCUT2D eigenvalue weighted by Gasteiger charge is -1.91. The molecule has 0 atom stereocenters. The van der Waals surface area contributed by atoms with Gasteiger partial charge < -0.3 is 23.6 Å². The Morgan fingerprint density at radius 1 is 0.900 bits per heavy atom. The molecule has 0 amide bonds. The van der Waals surface area contributed by atoms with Crippen LogP contribution in [0.2, 0.25) is 0 Å². The van der Waals surface area contributed by atoms with Crippen LogP contribution < -0.4 is 0 Å². The van der Waals surface area contributed by atoms with E-state index < -0.39 is 9.05 Å². The molecular formula is C4H8O5Si. The van der Waals surface area contributed by atoms with Gasteiger partial charge in [-0.2, -0.15) is 0 Å². The number of hydrogen-bond donors (Lipinski definition) is 4. The van der Waals surface area contributed by atoms with Crippen LogP contribution in [0.3, 0.4) is 0 Å². The number of furan rings is 1. The average molecular weight is 164 g/mol. The summed E-state index contributed by atoms with van der Waals surface area (Å²) in [6.07, 6.45) is 3.25. The number of hydrogen-bond acceptors (Lipinski definition) is 5. The highest BCUT2D eigenvalue weighted by Crippen LogP contribution is 1.79. The van der Waals surface area contributed by atoms with Gasteiger partial charge in [0.2, 0.25) is 0 Å². The molecular weight excluding hydrogens is 156 g/mol. The van der Waals surface area contributed by atoms with Crippen LogP contribution in [0.1, 0.15) is 0 Å². The molecule has 0 saturated carbocycles. The summed E-state index contributed by atoms with van der Waals surface area (Å²) in [4.78, 5) is 29.3. The van der Waals surface area contributed by atoms with Gasteiger partial charge >= 0.3 is 9.05 Å². The summed E-state index contributed by atoms with van der Waals surface area (Å²) in [5, 5.41) is 0. The quantitative estimate of drug-likeness (QED) is 0.356. The topological polar surface area (TPSA) is 94.1 Å². The lowest BCUT2D eigenvalue weighted by molar-refractivity contribution is 0.117. The zero-order valence-corrected chi connectivity index (χ0v) is 6.01. The van der Waals surface area contributed by atoms with E-state index in [9.17, 15) is 0 Å².